The van der Waals surface area contributed by atoms with Crippen molar-refractivity contribution in [1.29, 1.82) is 0 Å². The maximum absolute atomic E-state index is 12.6. The lowest BCUT2D eigenvalue weighted by atomic mass is 9.92. The molecule has 1 saturated heterocycles. The number of nitrogens with zero attached hydrogens (tertiary/aromatic N) is 3. The summed E-state index contributed by atoms with van der Waals surface area (Å²) in [5, 5.41) is 9.99. The summed E-state index contributed by atoms with van der Waals surface area (Å²) in [7, 11) is 0. The van der Waals surface area contributed by atoms with Crippen molar-refractivity contribution in [3.8, 4) is 5.69 Å². The topological polar surface area (TPSA) is 123 Å². The largest absolute Gasteiger partial charge is 0.454 e. The third-order valence-corrected chi connectivity index (χ3v) is 5.85. The second-order valence-corrected chi connectivity index (χ2v) is 9.23. The number of rotatable bonds is 8. The fraction of sp³-hybridized carbons (Fsp3) is 0.458. The molecule has 4 amide bonds. The first kappa shape index (κ1) is 24.9. The van der Waals surface area contributed by atoms with Crippen molar-refractivity contribution in [2.45, 2.75) is 58.4 Å². The zero-order chi connectivity index (χ0) is 25.1. The summed E-state index contributed by atoms with van der Waals surface area (Å²) in [5.74, 6) is -1.46. The zero-order valence-electron chi connectivity index (χ0n) is 20.2. The van der Waals surface area contributed by atoms with E-state index in [1.165, 1.54) is 0 Å². The van der Waals surface area contributed by atoms with E-state index in [2.05, 4.69) is 15.7 Å². The Balaban J connectivity index is 1.64. The van der Waals surface area contributed by atoms with E-state index >= 15 is 0 Å². The number of imide groups is 1. The van der Waals surface area contributed by atoms with Gasteiger partial charge < -0.3 is 15.4 Å². The first-order chi connectivity index (χ1) is 16.0. The minimum absolute atomic E-state index is 0.249. The molecule has 0 unspecified atom stereocenters. The van der Waals surface area contributed by atoms with Gasteiger partial charge >= 0.3 is 12.0 Å². The summed E-state index contributed by atoms with van der Waals surface area (Å²) in [6.07, 6.45) is 0.821. The summed E-state index contributed by atoms with van der Waals surface area (Å²) in [4.78, 5) is 50.4. The molecule has 0 aliphatic carbocycles. The van der Waals surface area contributed by atoms with E-state index in [1.54, 1.807) is 24.6 Å². The van der Waals surface area contributed by atoms with E-state index in [-0.39, 0.29) is 5.41 Å². The van der Waals surface area contributed by atoms with Crippen LogP contribution in [0.5, 0.6) is 0 Å². The number of nitrogens with one attached hydrogen (secondary N) is 2. The Bertz CT molecular complexity index is 1080. The number of amides is 4. The van der Waals surface area contributed by atoms with E-state index in [0.29, 0.717) is 18.7 Å². The second kappa shape index (κ2) is 9.66. The molecule has 0 atom stereocenters. The molecular weight excluding hydrogens is 438 g/mol. The van der Waals surface area contributed by atoms with Gasteiger partial charge in [-0.3, -0.25) is 19.3 Å². The molecule has 1 fully saturated rings. The average molecular weight is 470 g/mol. The molecule has 0 saturated carbocycles. The molecule has 34 heavy (non-hydrogen) atoms. The van der Waals surface area contributed by atoms with Gasteiger partial charge in [-0.2, -0.15) is 5.10 Å². The van der Waals surface area contributed by atoms with E-state index in [1.807, 2.05) is 51.1 Å². The normalized spacial score (nSPS) is 15.3. The van der Waals surface area contributed by atoms with Crippen LogP contribution in [-0.2, 0) is 24.5 Å². The minimum atomic E-state index is -1.00. The summed E-state index contributed by atoms with van der Waals surface area (Å²) in [5.41, 5.74) is 0.285. The van der Waals surface area contributed by atoms with Crippen LogP contribution in [0.3, 0.4) is 0 Å². The number of hydrogen-bond donors (Lipinski definition) is 2. The van der Waals surface area contributed by atoms with Crippen molar-refractivity contribution in [3.63, 3.8) is 0 Å². The smallest absolute Gasteiger partial charge is 0.326 e. The van der Waals surface area contributed by atoms with Gasteiger partial charge in [0.15, 0.2) is 6.61 Å². The number of para-hydroxylation sites is 1. The monoisotopic (exact) mass is 469 g/mol. The van der Waals surface area contributed by atoms with Crippen LogP contribution in [-0.4, -0.2) is 57.2 Å². The van der Waals surface area contributed by atoms with Crippen LogP contribution in [0.2, 0.25) is 0 Å². The minimum Gasteiger partial charge on any atom is -0.454 e. The molecule has 0 radical (unpaired) electrons. The fourth-order valence-electron chi connectivity index (χ4n) is 3.65. The number of urea groups is 1. The molecule has 2 heterocycles. The first-order valence-corrected chi connectivity index (χ1v) is 11.3. The van der Waals surface area contributed by atoms with Crippen LogP contribution in [0.15, 0.2) is 36.4 Å². The molecule has 10 nitrogen and oxygen atoms in total. The van der Waals surface area contributed by atoms with E-state index in [4.69, 9.17) is 4.74 Å². The van der Waals surface area contributed by atoms with Crippen LogP contribution >= 0.6 is 0 Å². The van der Waals surface area contributed by atoms with Gasteiger partial charge in [-0.15, -0.1) is 0 Å². The standard InChI is InChI=1S/C24H31N5O5/c1-6-24(7-2)21(32)28(22(33)26-24)14-20(31)34-15-19(30)25-18-13-17(23(3,4)5)27-29(18)16-11-9-8-10-12-16/h8-13H,6-7,14-15H2,1-5H3,(H,25,30)(H,26,33). The first-order valence-electron chi connectivity index (χ1n) is 11.3. The SMILES string of the molecule is CCC1(CC)NC(=O)N(CC(=O)OCC(=O)Nc2cc(C(C)(C)C)nn2-c2ccccc2)C1=O. The summed E-state index contributed by atoms with van der Waals surface area (Å²) < 4.78 is 6.65. The van der Waals surface area contributed by atoms with Crippen molar-refractivity contribution in [1.82, 2.24) is 20.0 Å². The Morgan fingerprint density at radius 2 is 1.76 bits per heavy atom. The molecule has 0 bridgehead atoms. The molecular formula is C24H31N5O5. The lowest BCUT2D eigenvalue weighted by molar-refractivity contribution is -0.150. The maximum Gasteiger partial charge on any atom is 0.326 e. The van der Waals surface area contributed by atoms with Gasteiger partial charge in [-0.05, 0) is 25.0 Å². The molecule has 1 aliphatic heterocycles. The van der Waals surface area contributed by atoms with Gasteiger partial charge in [0, 0.05) is 11.5 Å². The van der Waals surface area contributed by atoms with E-state index in [9.17, 15) is 19.2 Å². The average Bonchev–Trinajstić information content (AvgIpc) is 3.33. The highest BCUT2D eigenvalue weighted by molar-refractivity contribution is 6.08. The van der Waals surface area contributed by atoms with Crippen LogP contribution in [0.25, 0.3) is 5.69 Å². The van der Waals surface area contributed by atoms with Gasteiger partial charge in [0.25, 0.3) is 11.8 Å². The Morgan fingerprint density at radius 3 is 2.32 bits per heavy atom. The highest BCUT2D eigenvalue weighted by Gasteiger charge is 2.49. The number of benzene rings is 1. The Hall–Kier alpha value is -3.69. The van der Waals surface area contributed by atoms with Gasteiger partial charge in [-0.1, -0.05) is 52.8 Å². The Morgan fingerprint density at radius 1 is 1.12 bits per heavy atom. The van der Waals surface area contributed by atoms with Gasteiger partial charge in [0.05, 0.1) is 11.4 Å². The molecule has 2 aromatic rings. The van der Waals surface area contributed by atoms with Crippen LogP contribution in [0.1, 0.15) is 53.2 Å². The van der Waals surface area contributed by atoms with Crippen molar-refractivity contribution < 1.29 is 23.9 Å². The third-order valence-electron chi connectivity index (χ3n) is 5.85. The second-order valence-electron chi connectivity index (χ2n) is 9.23. The quantitative estimate of drug-likeness (QED) is 0.453. The number of anilines is 1. The van der Waals surface area contributed by atoms with Crippen molar-refractivity contribution in [3.05, 3.63) is 42.1 Å². The van der Waals surface area contributed by atoms with E-state index < -0.39 is 42.5 Å². The Kier molecular flexibility index (Phi) is 7.09. The maximum atomic E-state index is 12.6. The van der Waals surface area contributed by atoms with Crippen LogP contribution in [0.4, 0.5) is 10.6 Å². The lowest BCUT2D eigenvalue weighted by Crippen LogP contribution is -2.46. The zero-order valence-corrected chi connectivity index (χ0v) is 20.2. The van der Waals surface area contributed by atoms with Crippen LogP contribution in [0, 0.1) is 0 Å². The molecule has 3 rings (SSSR count). The van der Waals surface area contributed by atoms with Gasteiger partial charge in [0.2, 0.25) is 0 Å². The molecule has 182 valence electrons. The number of ether oxygens (including phenoxy) is 1. The summed E-state index contributed by atoms with van der Waals surface area (Å²) >= 11 is 0. The van der Waals surface area contributed by atoms with Crippen LogP contribution < -0.4 is 10.6 Å². The van der Waals surface area contributed by atoms with Gasteiger partial charge in [0.1, 0.15) is 17.9 Å². The van der Waals surface area contributed by atoms with Crippen molar-refractivity contribution >= 4 is 29.6 Å². The van der Waals surface area contributed by atoms with Crippen molar-refractivity contribution in [2.75, 3.05) is 18.5 Å². The summed E-state index contributed by atoms with van der Waals surface area (Å²) in [6, 6.07) is 10.5. The number of carbonyl (C=O) groups excluding carboxylic acids is 4. The van der Waals surface area contributed by atoms with Crippen molar-refractivity contribution in [2.24, 2.45) is 0 Å². The molecule has 1 aromatic heterocycles. The fourth-order valence-corrected chi connectivity index (χ4v) is 3.65. The lowest BCUT2D eigenvalue weighted by Gasteiger charge is -2.22. The summed E-state index contributed by atoms with van der Waals surface area (Å²) in [6.45, 7) is 8.49. The van der Waals surface area contributed by atoms with E-state index in [0.717, 1.165) is 16.3 Å². The molecule has 1 aromatic carbocycles. The predicted molar refractivity (Wildman–Crippen MR) is 125 cm³/mol. The number of carbonyl (C=O) groups is 4. The predicted octanol–water partition coefficient (Wildman–Crippen LogP) is 2.76. The van der Waals surface area contributed by atoms with Gasteiger partial charge in [-0.25, -0.2) is 9.48 Å². The number of esters is 1. The highest BCUT2D eigenvalue weighted by Crippen LogP contribution is 2.27. The molecule has 0 spiro atoms. The molecule has 10 heteroatoms. The number of aromatic nitrogens is 2. The Labute approximate surface area is 198 Å². The molecule has 2 N–H and O–H groups in total. The third kappa shape index (κ3) is 5.11. The highest BCUT2D eigenvalue weighted by atomic mass is 16.5. The number of hydrogen-bond acceptors (Lipinski definition) is 6. The molecule has 1 aliphatic rings.